The number of pyridine rings is 1. The molecule has 0 aliphatic heterocycles. The number of rotatable bonds is 10. The molecule has 0 aliphatic rings. The molecule has 6 nitrogen and oxygen atoms in total. The zero-order valence-corrected chi connectivity index (χ0v) is 15.6. The molecule has 1 heterocycles. The number of hydrogen-bond acceptors (Lipinski definition) is 4. The summed E-state index contributed by atoms with van der Waals surface area (Å²) >= 11 is 0. The molecule has 0 bridgehead atoms. The Bertz CT molecular complexity index is 492. The standard InChI is InChI=1S/C18H32N4O2/c1-14(2)8-9-15(3)22-18(19-4)21-13-16-7-6-10-20-17(16)24-12-11-23-5/h6-7,10,14-15H,8-9,11-13H2,1-5H3,(H2,19,21,22). The fourth-order valence-electron chi connectivity index (χ4n) is 2.17. The third kappa shape index (κ3) is 8.15. The quantitative estimate of drug-likeness (QED) is 0.390. The molecular weight excluding hydrogens is 304 g/mol. The minimum atomic E-state index is 0.380. The molecule has 0 fully saturated rings. The minimum Gasteiger partial charge on any atom is -0.475 e. The summed E-state index contributed by atoms with van der Waals surface area (Å²) in [6, 6.07) is 4.28. The summed E-state index contributed by atoms with van der Waals surface area (Å²) in [5.74, 6) is 2.13. The monoisotopic (exact) mass is 336 g/mol. The molecular formula is C18H32N4O2. The lowest BCUT2D eigenvalue weighted by atomic mass is 10.0. The fourth-order valence-corrected chi connectivity index (χ4v) is 2.17. The van der Waals surface area contributed by atoms with Crippen molar-refractivity contribution >= 4 is 5.96 Å². The Balaban J connectivity index is 2.51. The number of aromatic nitrogens is 1. The highest BCUT2D eigenvalue weighted by Gasteiger charge is 2.09. The number of guanidine groups is 1. The van der Waals surface area contributed by atoms with E-state index in [0.717, 1.165) is 17.9 Å². The highest BCUT2D eigenvalue weighted by molar-refractivity contribution is 5.79. The molecule has 1 atom stereocenters. The first-order chi connectivity index (χ1) is 11.6. The molecule has 2 N–H and O–H groups in total. The van der Waals surface area contributed by atoms with Crippen LogP contribution in [-0.2, 0) is 11.3 Å². The lowest BCUT2D eigenvalue weighted by Crippen LogP contribution is -2.42. The molecule has 1 aromatic heterocycles. The van der Waals surface area contributed by atoms with E-state index in [1.165, 1.54) is 6.42 Å². The van der Waals surface area contributed by atoms with Gasteiger partial charge in [-0.1, -0.05) is 19.9 Å². The van der Waals surface area contributed by atoms with Crippen LogP contribution in [0, 0.1) is 5.92 Å². The van der Waals surface area contributed by atoms with Crippen molar-refractivity contribution in [2.24, 2.45) is 10.9 Å². The van der Waals surface area contributed by atoms with Gasteiger partial charge in [0.1, 0.15) is 6.61 Å². The fraction of sp³-hybridized carbons (Fsp3) is 0.667. The van der Waals surface area contributed by atoms with Crippen molar-refractivity contribution in [3.63, 3.8) is 0 Å². The molecule has 136 valence electrons. The van der Waals surface area contributed by atoms with Gasteiger partial charge in [-0.25, -0.2) is 4.98 Å². The normalized spacial score (nSPS) is 13.0. The van der Waals surface area contributed by atoms with E-state index in [9.17, 15) is 0 Å². The zero-order valence-electron chi connectivity index (χ0n) is 15.6. The van der Waals surface area contributed by atoms with E-state index in [1.807, 2.05) is 12.1 Å². The molecule has 0 aliphatic carbocycles. The van der Waals surface area contributed by atoms with Gasteiger partial charge in [0.25, 0.3) is 0 Å². The van der Waals surface area contributed by atoms with Crippen LogP contribution in [0.15, 0.2) is 23.3 Å². The third-order valence-corrected chi connectivity index (χ3v) is 3.61. The molecule has 0 saturated heterocycles. The van der Waals surface area contributed by atoms with Crippen LogP contribution in [0.5, 0.6) is 5.88 Å². The maximum Gasteiger partial charge on any atom is 0.218 e. The van der Waals surface area contributed by atoms with Gasteiger partial charge < -0.3 is 20.1 Å². The molecule has 24 heavy (non-hydrogen) atoms. The zero-order chi connectivity index (χ0) is 17.8. The predicted octanol–water partition coefficient (Wildman–Crippen LogP) is 2.60. The topological polar surface area (TPSA) is 67.8 Å². The number of hydrogen-bond donors (Lipinski definition) is 2. The Hall–Kier alpha value is -1.82. The van der Waals surface area contributed by atoms with E-state index in [-0.39, 0.29) is 0 Å². The van der Waals surface area contributed by atoms with Gasteiger partial charge in [-0.05, 0) is 31.7 Å². The third-order valence-electron chi connectivity index (χ3n) is 3.61. The molecule has 1 unspecified atom stereocenters. The Kier molecular flexibility index (Phi) is 9.84. The van der Waals surface area contributed by atoms with Crippen molar-refractivity contribution in [1.29, 1.82) is 0 Å². The molecule has 0 radical (unpaired) electrons. The van der Waals surface area contributed by atoms with Crippen molar-refractivity contribution in [1.82, 2.24) is 15.6 Å². The average Bonchev–Trinajstić information content (AvgIpc) is 2.58. The highest BCUT2D eigenvalue weighted by atomic mass is 16.5. The predicted molar refractivity (Wildman–Crippen MR) is 98.5 cm³/mol. The van der Waals surface area contributed by atoms with E-state index in [4.69, 9.17) is 9.47 Å². The summed E-state index contributed by atoms with van der Waals surface area (Å²) in [5.41, 5.74) is 0.992. The van der Waals surface area contributed by atoms with E-state index < -0.39 is 0 Å². The van der Waals surface area contributed by atoms with Crippen molar-refractivity contribution in [3.8, 4) is 5.88 Å². The summed E-state index contributed by atoms with van der Waals surface area (Å²) < 4.78 is 10.7. The van der Waals surface area contributed by atoms with Crippen LogP contribution < -0.4 is 15.4 Å². The van der Waals surface area contributed by atoms with Gasteiger partial charge in [0.15, 0.2) is 5.96 Å². The first kappa shape index (κ1) is 20.2. The van der Waals surface area contributed by atoms with Crippen LogP contribution in [0.1, 0.15) is 39.2 Å². The van der Waals surface area contributed by atoms with Crippen molar-refractivity contribution < 1.29 is 9.47 Å². The number of nitrogens with zero attached hydrogens (tertiary/aromatic N) is 2. The number of nitrogens with one attached hydrogen (secondary N) is 2. The van der Waals surface area contributed by atoms with E-state index in [2.05, 4.69) is 41.4 Å². The van der Waals surface area contributed by atoms with Gasteiger partial charge in [-0.2, -0.15) is 0 Å². The molecule has 1 rings (SSSR count). The lowest BCUT2D eigenvalue weighted by Gasteiger charge is -2.19. The SMILES string of the molecule is CN=C(NCc1cccnc1OCCOC)NC(C)CCC(C)C. The maximum absolute atomic E-state index is 5.65. The Morgan fingerprint density at radius 3 is 2.71 bits per heavy atom. The lowest BCUT2D eigenvalue weighted by molar-refractivity contribution is 0.143. The Labute approximate surface area is 146 Å². The first-order valence-corrected chi connectivity index (χ1v) is 8.59. The smallest absolute Gasteiger partial charge is 0.218 e. The second kappa shape index (κ2) is 11.7. The maximum atomic E-state index is 5.65. The van der Waals surface area contributed by atoms with Gasteiger partial charge in [-0.15, -0.1) is 0 Å². The minimum absolute atomic E-state index is 0.380. The highest BCUT2D eigenvalue weighted by Crippen LogP contribution is 2.13. The van der Waals surface area contributed by atoms with Gasteiger partial charge in [0.2, 0.25) is 5.88 Å². The number of ether oxygens (including phenoxy) is 2. The largest absolute Gasteiger partial charge is 0.475 e. The van der Waals surface area contributed by atoms with E-state index in [0.29, 0.717) is 37.6 Å². The molecule has 0 aromatic carbocycles. The Morgan fingerprint density at radius 2 is 2.04 bits per heavy atom. The second-order valence-electron chi connectivity index (χ2n) is 6.25. The molecule has 0 spiro atoms. The van der Waals surface area contributed by atoms with Crippen LogP contribution in [0.3, 0.4) is 0 Å². The van der Waals surface area contributed by atoms with Crippen LogP contribution >= 0.6 is 0 Å². The van der Waals surface area contributed by atoms with Crippen molar-refractivity contribution in [2.75, 3.05) is 27.4 Å². The second-order valence-corrected chi connectivity index (χ2v) is 6.25. The molecule has 1 aromatic rings. The summed E-state index contributed by atoms with van der Waals surface area (Å²) in [6.07, 6.45) is 4.05. The summed E-state index contributed by atoms with van der Waals surface area (Å²) in [6.45, 7) is 8.30. The van der Waals surface area contributed by atoms with E-state index >= 15 is 0 Å². The van der Waals surface area contributed by atoms with E-state index in [1.54, 1.807) is 20.4 Å². The first-order valence-electron chi connectivity index (χ1n) is 8.59. The summed E-state index contributed by atoms with van der Waals surface area (Å²) in [7, 11) is 3.43. The number of methoxy groups -OCH3 is 1. The van der Waals surface area contributed by atoms with Crippen LogP contribution in [0.2, 0.25) is 0 Å². The summed E-state index contributed by atoms with van der Waals surface area (Å²) in [4.78, 5) is 8.57. The average molecular weight is 336 g/mol. The van der Waals surface area contributed by atoms with Crippen molar-refractivity contribution in [2.45, 2.75) is 46.2 Å². The molecule has 6 heteroatoms. The molecule has 0 amide bonds. The van der Waals surface area contributed by atoms with Gasteiger partial charge in [0.05, 0.1) is 6.61 Å². The van der Waals surface area contributed by atoms with Gasteiger partial charge >= 0.3 is 0 Å². The number of aliphatic imine (C=N–C) groups is 1. The molecule has 0 saturated carbocycles. The van der Waals surface area contributed by atoms with Crippen LogP contribution in [0.25, 0.3) is 0 Å². The van der Waals surface area contributed by atoms with Gasteiger partial charge in [0, 0.05) is 38.5 Å². The van der Waals surface area contributed by atoms with Gasteiger partial charge in [-0.3, -0.25) is 4.99 Å². The summed E-state index contributed by atoms with van der Waals surface area (Å²) in [5, 5.41) is 6.74. The Morgan fingerprint density at radius 1 is 1.25 bits per heavy atom. The van der Waals surface area contributed by atoms with Crippen LogP contribution in [-0.4, -0.2) is 44.4 Å². The van der Waals surface area contributed by atoms with Crippen molar-refractivity contribution in [3.05, 3.63) is 23.9 Å². The van der Waals surface area contributed by atoms with Crippen LogP contribution in [0.4, 0.5) is 0 Å².